The molecule has 0 aromatic heterocycles. The molecule has 4 unspecified atom stereocenters. The van der Waals surface area contributed by atoms with Crippen LogP contribution in [0.3, 0.4) is 0 Å². The first-order valence-corrected chi connectivity index (χ1v) is 6.98. The highest BCUT2D eigenvalue weighted by Gasteiger charge is 2.63. The second-order valence-corrected chi connectivity index (χ2v) is 7.06. The summed E-state index contributed by atoms with van der Waals surface area (Å²) in [7, 11) is 0. The summed E-state index contributed by atoms with van der Waals surface area (Å²) in [6, 6.07) is 0. The Morgan fingerprint density at radius 3 is 2.56 bits per heavy atom. The van der Waals surface area contributed by atoms with Crippen LogP contribution in [0.1, 0.15) is 51.9 Å². The lowest BCUT2D eigenvalue weighted by molar-refractivity contribution is -0.786. The lowest BCUT2D eigenvalue weighted by Gasteiger charge is -2.65. The molecule has 0 radical (unpaired) electrons. The summed E-state index contributed by atoms with van der Waals surface area (Å²) in [5.41, 5.74) is 5.82. The normalized spacial score (nSPS) is 49.3. The van der Waals surface area contributed by atoms with Crippen LogP contribution in [0.25, 0.3) is 0 Å². The minimum Gasteiger partial charge on any atom is -0.330 e. The third-order valence-electron chi connectivity index (χ3n) is 5.70. The van der Waals surface area contributed by atoms with Crippen LogP contribution in [0.2, 0.25) is 0 Å². The van der Waals surface area contributed by atoms with Crippen LogP contribution in [0.15, 0.2) is 0 Å². The van der Waals surface area contributed by atoms with Gasteiger partial charge in [-0.3, -0.25) is 0 Å². The molecule has 5 nitrogen and oxygen atoms in total. The largest absolute Gasteiger partial charge is 0.330 e. The van der Waals surface area contributed by atoms with Gasteiger partial charge < -0.3 is 10.6 Å². The van der Waals surface area contributed by atoms with Crippen molar-refractivity contribution >= 4 is 0 Å². The topological polar surface area (TPSA) is 78.4 Å². The van der Waals surface area contributed by atoms with E-state index in [1.54, 1.807) is 0 Å². The number of hydrogen-bond donors (Lipinski definition) is 1. The van der Waals surface area contributed by atoms with E-state index in [1.165, 1.54) is 6.42 Å². The number of nitrogens with zero attached hydrogens (tertiary/aromatic N) is 1. The van der Waals surface area contributed by atoms with E-state index in [0.29, 0.717) is 12.5 Å². The molecule has 4 aliphatic carbocycles. The van der Waals surface area contributed by atoms with Crippen molar-refractivity contribution in [3.8, 4) is 0 Å². The van der Waals surface area contributed by atoms with Gasteiger partial charge in [0.2, 0.25) is 0 Å². The van der Waals surface area contributed by atoms with Crippen LogP contribution < -0.4 is 5.73 Å². The Morgan fingerprint density at radius 1 is 1.28 bits per heavy atom. The third kappa shape index (κ3) is 1.63. The van der Waals surface area contributed by atoms with E-state index in [9.17, 15) is 10.1 Å². The van der Waals surface area contributed by atoms with Crippen molar-refractivity contribution in [1.29, 1.82) is 0 Å². The maximum atomic E-state index is 10.8. The molecule has 2 N–H and O–H groups in total. The van der Waals surface area contributed by atoms with Gasteiger partial charge in [-0.05, 0) is 61.8 Å². The van der Waals surface area contributed by atoms with E-state index in [4.69, 9.17) is 10.6 Å². The molecule has 0 heterocycles. The van der Waals surface area contributed by atoms with Gasteiger partial charge in [0, 0.05) is 0 Å². The van der Waals surface area contributed by atoms with Gasteiger partial charge in [-0.1, -0.05) is 13.3 Å². The van der Waals surface area contributed by atoms with Crippen molar-refractivity contribution in [2.24, 2.45) is 22.5 Å². The molecule has 4 aliphatic rings. The molecular formula is C13H22N2O3. The fraction of sp³-hybridized carbons (Fsp3) is 1.00. The van der Waals surface area contributed by atoms with Gasteiger partial charge in [-0.2, -0.15) is 0 Å². The molecule has 0 amide bonds. The summed E-state index contributed by atoms with van der Waals surface area (Å²) in [5.74, 6) is 0.574. The first-order valence-electron chi connectivity index (χ1n) is 6.98. The zero-order chi connectivity index (χ0) is 13.0. The molecule has 4 rings (SSSR count). The molecule has 5 heteroatoms. The maximum absolute atomic E-state index is 10.8. The quantitative estimate of drug-likeness (QED) is 0.616. The van der Waals surface area contributed by atoms with Crippen LogP contribution >= 0.6 is 0 Å². The molecule has 0 aromatic carbocycles. The van der Waals surface area contributed by atoms with Crippen LogP contribution in [-0.2, 0) is 4.84 Å². The lowest BCUT2D eigenvalue weighted by Crippen LogP contribution is -2.63. The number of rotatable bonds is 4. The predicted octanol–water partition coefficient (Wildman–Crippen LogP) is 2.27. The van der Waals surface area contributed by atoms with Crippen molar-refractivity contribution in [3.05, 3.63) is 10.1 Å². The van der Waals surface area contributed by atoms with Gasteiger partial charge in [0.1, 0.15) is 5.60 Å². The van der Waals surface area contributed by atoms with Crippen molar-refractivity contribution in [2.75, 3.05) is 6.54 Å². The van der Waals surface area contributed by atoms with Crippen LogP contribution in [0, 0.1) is 26.9 Å². The smallest absolute Gasteiger partial charge is 0.295 e. The van der Waals surface area contributed by atoms with Crippen LogP contribution in [0.4, 0.5) is 0 Å². The highest BCUT2D eigenvalue weighted by molar-refractivity contribution is 5.13. The summed E-state index contributed by atoms with van der Waals surface area (Å²) < 4.78 is 0. The molecule has 18 heavy (non-hydrogen) atoms. The predicted molar refractivity (Wildman–Crippen MR) is 66.2 cm³/mol. The Morgan fingerprint density at radius 2 is 1.94 bits per heavy atom. The monoisotopic (exact) mass is 254 g/mol. The molecule has 0 saturated heterocycles. The average Bonchev–Trinajstić information content (AvgIpc) is 2.25. The minimum absolute atomic E-state index is 0.103. The fourth-order valence-electron chi connectivity index (χ4n) is 5.63. The number of hydrogen-bond acceptors (Lipinski definition) is 4. The molecule has 0 aliphatic heterocycles. The SMILES string of the molecule is CCC12CC3CC(CN)(C1)CC(O[N+](=O)[O-])(C3)C2. The Kier molecular flexibility index (Phi) is 2.44. The number of nitrogens with two attached hydrogens (primary N) is 1. The van der Waals surface area contributed by atoms with Crippen molar-refractivity contribution in [3.63, 3.8) is 0 Å². The third-order valence-corrected chi connectivity index (χ3v) is 5.70. The first kappa shape index (κ1) is 12.2. The summed E-state index contributed by atoms with van der Waals surface area (Å²) in [4.78, 5) is 16.0. The molecule has 4 atom stereocenters. The Hall–Kier alpha value is -0.840. The summed E-state index contributed by atoms with van der Waals surface area (Å²) in [5, 5.41) is 10.2. The maximum Gasteiger partial charge on any atom is 0.295 e. The zero-order valence-corrected chi connectivity index (χ0v) is 11.0. The molecule has 0 aromatic rings. The van der Waals surface area contributed by atoms with E-state index >= 15 is 0 Å². The summed E-state index contributed by atoms with van der Waals surface area (Å²) >= 11 is 0. The fourth-order valence-corrected chi connectivity index (χ4v) is 5.63. The molecular weight excluding hydrogens is 232 g/mol. The first-order chi connectivity index (χ1) is 8.44. The van der Waals surface area contributed by atoms with E-state index < -0.39 is 10.7 Å². The van der Waals surface area contributed by atoms with Crippen LogP contribution in [0.5, 0.6) is 0 Å². The van der Waals surface area contributed by atoms with E-state index in [-0.39, 0.29) is 10.8 Å². The average molecular weight is 254 g/mol. The van der Waals surface area contributed by atoms with E-state index in [1.807, 2.05) is 0 Å². The molecule has 4 fully saturated rings. The van der Waals surface area contributed by atoms with E-state index in [2.05, 4.69) is 6.92 Å². The molecule has 4 saturated carbocycles. The zero-order valence-electron chi connectivity index (χ0n) is 11.0. The molecule has 102 valence electrons. The van der Waals surface area contributed by atoms with Crippen molar-refractivity contribution < 1.29 is 9.92 Å². The Labute approximate surface area is 107 Å². The summed E-state index contributed by atoms with van der Waals surface area (Å²) in [6.45, 7) is 2.85. The van der Waals surface area contributed by atoms with Gasteiger partial charge in [0.25, 0.3) is 5.09 Å². The van der Waals surface area contributed by atoms with E-state index in [0.717, 1.165) is 38.5 Å². The van der Waals surface area contributed by atoms with Crippen molar-refractivity contribution in [1.82, 2.24) is 0 Å². The van der Waals surface area contributed by atoms with Gasteiger partial charge in [0.05, 0.1) is 0 Å². The molecule has 4 bridgehead atoms. The van der Waals surface area contributed by atoms with Gasteiger partial charge >= 0.3 is 0 Å². The Balaban J connectivity index is 1.96. The van der Waals surface area contributed by atoms with Crippen LogP contribution in [-0.4, -0.2) is 17.2 Å². The second kappa shape index (κ2) is 3.59. The van der Waals surface area contributed by atoms with Gasteiger partial charge in [-0.25, -0.2) is 0 Å². The van der Waals surface area contributed by atoms with Gasteiger partial charge in [0.15, 0.2) is 0 Å². The minimum atomic E-state index is -0.583. The Bertz CT molecular complexity index is 364. The highest BCUT2D eigenvalue weighted by atomic mass is 17.0. The molecule has 0 spiro atoms. The second-order valence-electron chi connectivity index (χ2n) is 7.06. The van der Waals surface area contributed by atoms with Gasteiger partial charge in [-0.15, -0.1) is 10.1 Å². The summed E-state index contributed by atoms with van der Waals surface area (Å²) in [6.07, 6.45) is 7.10. The highest BCUT2D eigenvalue weighted by Crippen LogP contribution is 2.68. The van der Waals surface area contributed by atoms with Crippen molar-refractivity contribution in [2.45, 2.75) is 57.5 Å². The lowest BCUT2D eigenvalue weighted by atomic mass is 9.42. The standard InChI is InChI=1S/C13H22N2O3/c1-2-11-3-10-4-12(6-11,9-14)8-13(5-10,7-11)18-15(16)17/h10H,2-9,14H2,1H3.